The number of benzene rings is 2. The van der Waals surface area contributed by atoms with Crippen molar-refractivity contribution >= 4 is 52.0 Å². The van der Waals surface area contributed by atoms with Gasteiger partial charge < -0.3 is 22.1 Å². The number of carbonyl (C=O) groups is 1. The summed E-state index contributed by atoms with van der Waals surface area (Å²) < 4.78 is 76.0. The van der Waals surface area contributed by atoms with Crippen LogP contribution in [0.1, 0.15) is 116 Å². The van der Waals surface area contributed by atoms with Crippen molar-refractivity contribution in [2.24, 2.45) is 11.8 Å². The van der Waals surface area contributed by atoms with Crippen LogP contribution in [0.2, 0.25) is 0 Å². The minimum absolute atomic E-state index is 0. The molecule has 2 aromatic heterocycles. The molecule has 2 aliphatic rings. The normalized spacial score (nSPS) is 20.8. The number of alkyl halides is 6. The van der Waals surface area contributed by atoms with E-state index in [-0.39, 0.29) is 77.6 Å². The maximum Gasteiger partial charge on any atom is 2.00 e. The van der Waals surface area contributed by atoms with E-state index in [2.05, 4.69) is 16.9 Å². The van der Waals surface area contributed by atoms with Crippen molar-refractivity contribution in [3.63, 3.8) is 0 Å². The van der Waals surface area contributed by atoms with E-state index in [1.807, 2.05) is 67.6 Å². The zero-order valence-electron chi connectivity index (χ0n) is 29.2. The predicted octanol–water partition coefficient (Wildman–Crippen LogP) is 8.16. The fourth-order valence-corrected chi connectivity index (χ4v) is 8.65. The Bertz CT molecular complexity index is 1620. The molecule has 2 aromatic carbocycles. The summed E-state index contributed by atoms with van der Waals surface area (Å²) in [5.41, 5.74) is 3.60. The first kappa shape index (κ1) is 46.2. The number of carbonyl (C=O) groups excluding carboxylic acids is 1. The molecular weight excluding hydrogens is 799 g/mol. The van der Waals surface area contributed by atoms with Gasteiger partial charge in [0, 0.05) is 18.3 Å². The maximum absolute atomic E-state index is 12.8. The molecule has 6 rings (SSSR count). The molecule has 14 heteroatoms. The number of aryl methyl sites for hydroxylation is 2. The minimum Gasteiger partial charge on any atom is -1.00 e. The van der Waals surface area contributed by atoms with Crippen molar-refractivity contribution < 1.29 is 53.2 Å². The topological polar surface area (TPSA) is 63.1 Å². The van der Waals surface area contributed by atoms with Gasteiger partial charge in [-0.15, -0.1) is 34.8 Å². The van der Waals surface area contributed by atoms with Crippen LogP contribution in [0.25, 0.3) is 0 Å². The Labute approximate surface area is 336 Å². The van der Waals surface area contributed by atoms with Crippen LogP contribution in [0.4, 0.5) is 26.3 Å². The molecule has 0 aliphatic heterocycles. The van der Waals surface area contributed by atoms with Gasteiger partial charge in [0.15, 0.2) is 6.29 Å². The second kappa shape index (κ2) is 21.2. The zero-order chi connectivity index (χ0) is 36.5. The molecule has 4 nitrogen and oxygen atoms in total. The Kier molecular flexibility index (Phi) is 18.8. The average Bonchev–Trinajstić information content (AvgIpc) is 3.67. The second-order valence-electron chi connectivity index (χ2n) is 13.0. The van der Waals surface area contributed by atoms with Gasteiger partial charge in [0.05, 0.1) is 49.1 Å². The van der Waals surface area contributed by atoms with Gasteiger partial charge in [-0.2, -0.15) is 51.0 Å². The number of hydrogen-bond acceptors (Lipinski definition) is 6. The Morgan fingerprint density at radius 1 is 0.750 bits per heavy atom. The van der Waals surface area contributed by atoms with E-state index in [9.17, 15) is 36.2 Å². The van der Waals surface area contributed by atoms with E-state index >= 15 is 0 Å². The standard InChI is InChI=1S/C19H22F3NOS.C12H14F3NOS.C7H7.BrH.Mg/c1-12-17(16(24)11-13-5-3-2-4-6-13)25-18(23-12)14-7-9-15(10-8-14)19(20,21)22;1-7-10(6-17)18-11(16-7)8-2-4-9(5-3-8)12(13,14)15;1-7-5-3-2-4-6-7;;/h2-6,14-16,24H,7-11H2,1H3;6,8-9H,2-5H2,1H3;2-6H,1H2;1H;/q;;-1;;+2/p-1. The molecule has 4 aromatic rings. The summed E-state index contributed by atoms with van der Waals surface area (Å²) in [6.07, 6.45) is -4.75. The van der Waals surface area contributed by atoms with Crippen molar-refractivity contribution in [2.45, 2.75) is 102 Å². The van der Waals surface area contributed by atoms with Crippen molar-refractivity contribution in [3.8, 4) is 0 Å². The summed E-state index contributed by atoms with van der Waals surface area (Å²) in [6.45, 7) is 7.34. The molecule has 0 amide bonds. The van der Waals surface area contributed by atoms with E-state index in [1.165, 1.54) is 22.7 Å². The average molecular weight is 842 g/mol. The number of hydrogen-bond donors (Lipinski definition) is 1. The van der Waals surface area contributed by atoms with Crippen molar-refractivity contribution in [2.75, 3.05) is 0 Å². The molecule has 2 fully saturated rings. The van der Waals surface area contributed by atoms with E-state index < -0.39 is 30.3 Å². The molecule has 1 unspecified atom stereocenters. The van der Waals surface area contributed by atoms with E-state index in [0.29, 0.717) is 42.7 Å². The molecule has 2 aliphatic carbocycles. The smallest absolute Gasteiger partial charge is 1.00 e. The van der Waals surface area contributed by atoms with Crippen LogP contribution in [-0.2, 0) is 6.42 Å². The van der Waals surface area contributed by atoms with E-state index in [0.717, 1.165) is 38.0 Å². The number of nitrogens with zero attached hydrogens (tertiary/aromatic N) is 2. The number of halogens is 7. The second-order valence-corrected chi connectivity index (χ2v) is 15.1. The van der Waals surface area contributed by atoms with Crippen molar-refractivity contribution in [1.82, 2.24) is 9.97 Å². The summed E-state index contributed by atoms with van der Waals surface area (Å²) >= 11 is 2.77. The monoisotopic (exact) mass is 840 g/mol. The molecule has 52 heavy (non-hydrogen) atoms. The molecule has 280 valence electrons. The summed E-state index contributed by atoms with van der Waals surface area (Å²) in [6, 6.07) is 19.6. The first-order valence-electron chi connectivity index (χ1n) is 16.8. The molecule has 2 saturated carbocycles. The summed E-state index contributed by atoms with van der Waals surface area (Å²) in [7, 11) is 0. The van der Waals surface area contributed by atoms with Gasteiger partial charge in [-0.25, -0.2) is 9.97 Å². The molecule has 1 atom stereocenters. The first-order valence-corrected chi connectivity index (χ1v) is 18.4. The van der Waals surface area contributed by atoms with E-state index in [4.69, 9.17) is 0 Å². The molecule has 1 N–H and O–H groups in total. The number of aliphatic hydroxyl groups is 1. The van der Waals surface area contributed by atoms with Crippen molar-refractivity contribution in [3.05, 3.63) is 110 Å². The number of rotatable bonds is 6. The van der Waals surface area contributed by atoms with Crippen LogP contribution in [0.15, 0.2) is 60.7 Å². The largest absolute Gasteiger partial charge is 2.00 e. The van der Waals surface area contributed by atoms with Crippen LogP contribution in [0, 0.1) is 32.6 Å². The van der Waals surface area contributed by atoms with Gasteiger partial charge in [-0.05, 0) is 70.8 Å². The van der Waals surface area contributed by atoms with Gasteiger partial charge >= 0.3 is 35.4 Å². The third kappa shape index (κ3) is 13.7. The molecule has 2 heterocycles. The Morgan fingerprint density at radius 3 is 1.56 bits per heavy atom. The molecule has 0 spiro atoms. The fraction of sp³-hybridized carbons (Fsp3) is 0.474. The van der Waals surface area contributed by atoms with Gasteiger partial charge in [0.2, 0.25) is 0 Å². The fourth-order valence-electron chi connectivity index (χ4n) is 6.37. The zero-order valence-corrected chi connectivity index (χ0v) is 33.9. The van der Waals surface area contributed by atoms with Gasteiger partial charge in [0.25, 0.3) is 0 Å². The van der Waals surface area contributed by atoms with Crippen LogP contribution in [0.5, 0.6) is 0 Å². The third-order valence-corrected chi connectivity index (χ3v) is 12.0. The van der Waals surface area contributed by atoms with Gasteiger partial charge in [-0.1, -0.05) is 36.4 Å². The van der Waals surface area contributed by atoms with Gasteiger partial charge in [-0.3, -0.25) is 4.79 Å². The van der Waals surface area contributed by atoms with Crippen molar-refractivity contribution in [1.29, 1.82) is 0 Å². The predicted molar refractivity (Wildman–Crippen MR) is 192 cm³/mol. The maximum atomic E-state index is 12.8. The Hall–Kier alpha value is -1.97. The SMILES string of the molecule is Cc1nc(C2CCC(C(F)(F)F)CC2)sc1C(O)Cc1ccccc1.Cc1nc(C2CCC(C(F)(F)F)CC2)sc1C=O.[Br-].[CH2-]c1ccccc1.[Mg+2]. The van der Waals surface area contributed by atoms with Crippen LogP contribution < -0.4 is 17.0 Å². The Balaban J connectivity index is 0.000000303. The number of thiazole rings is 2. The van der Waals surface area contributed by atoms with Crippen LogP contribution in [-0.4, -0.2) is 56.8 Å². The quantitative estimate of drug-likeness (QED) is 0.0923. The van der Waals surface area contributed by atoms with Crippen LogP contribution in [0.3, 0.4) is 0 Å². The minimum atomic E-state index is -4.08. The first-order chi connectivity index (χ1) is 23.7. The number of aromatic nitrogens is 2. The molecular formula is C38H43BrF6MgN2O2S2. The Morgan fingerprint density at radius 2 is 1.17 bits per heavy atom. The number of aldehydes is 1. The van der Waals surface area contributed by atoms with Crippen LogP contribution >= 0.6 is 22.7 Å². The molecule has 0 radical (unpaired) electrons. The number of aliphatic hydroxyl groups excluding tert-OH is 1. The molecule has 0 saturated heterocycles. The third-order valence-electron chi connectivity index (χ3n) is 9.30. The van der Waals surface area contributed by atoms with Gasteiger partial charge in [0.1, 0.15) is 0 Å². The summed E-state index contributed by atoms with van der Waals surface area (Å²) in [4.78, 5) is 21.0. The van der Waals surface area contributed by atoms with E-state index in [1.54, 1.807) is 6.92 Å². The molecule has 0 bridgehead atoms. The summed E-state index contributed by atoms with van der Waals surface area (Å²) in [5.74, 6) is -2.17. The summed E-state index contributed by atoms with van der Waals surface area (Å²) in [5, 5.41) is 12.2.